The van der Waals surface area contributed by atoms with E-state index in [2.05, 4.69) is 25.9 Å². The van der Waals surface area contributed by atoms with Crippen LogP contribution in [-0.2, 0) is 0 Å². The van der Waals surface area contributed by atoms with Crippen LogP contribution in [-0.4, -0.2) is 19.9 Å². The van der Waals surface area contributed by atoms with Gasteiger partial charge < -0.3 is 10.7 Å². The molecule has 0 unspecified atom stereocenters. The Hall–Kier alpha value is -2.87. The summed E-state index contributed by atoms with van der Waals surface area (Å²) in [7, 11) is 0. The number of nitrogens with two attached hydrogens (primary N) is 1. The van der Waals surface area contributed by atoms with Gasteiger partial charge in [0, 0.05) is 11.1 Å². The number of imidazole rings is 1. The van der Waals surface area contributed by atoms with E-state index < -0.39 is 0 Å². The molecule has 0 aliphatic heterocycles. The highest BCUT2D eigenvalue weighted by Crippen LogP contribution is 2.21. The van der Waals surface area contributed by atoms with E-state index in [-0.39, 0.29) is 0 Å². The number of hydrogen-bond acceptors (Lipinski definition) is 4. The molecule has 0 saturated carbocycles. The monoisotopic (exact) mass is 235 g/mol. The number of nitrogen functional groups attached to an aromatic ring is 1. The molecule has 0 radical (unpaired) electrons. The molecule has 0 atom stereocenters. The zero-order valence-electron chi connectivity index (χ0n) is 9.38. The largest absolute Gasteiger partial charge is 0.382 e. The van der Waals surface area contributed by atoms with Gasteiger partial charge in [-0.05, 0) is 12.1 Å². The van der Waals surface area contributed by atoms with Crippen LogP contribution < -0.4 is 5.73 Å². The van der Waals surface area contributed by atoms with Crippen molar-refractivity contribution in [2.45, 2.75) is 0 Å². The maximum absolute atomic E-state index is 5.84. The van der Waals surface area contributed by atoms with Gasteiger partial charge >= 0.3 is 0 Å². The number of benzene rings is 1. The van der Waals surface area contributed by atoms with E-state index >= 15 is 0 Å². The molecular formula is C13H9N5. The second-order valence-electron chi connectivity index (χ2n) is 3.76. The van der Waals surface area contributed by atoms with Crippen molar-refractivity contribution in [3.63, 3.8) is 0 Å². The molecule has 0 aliphatic carbocycles. The number of hydrogen-bond donors (Lipinski definition) is 2. The summed E-state index contributed by atoms with van der Waals surface area (Å²) < 4.78 is 0. The first kappa shape index (κ1) is 10.3. The van der Waals surface area contributed by atoms with Crippen molar-refractivity contribution in [1.82, 2.24) is 19.9 Å². The molecule has 0 aliphatic rings. The summed E-state index contributed by atoms with van der Waals surface area (Å²) in [6.07, 6.45) is 6.91. The number of rotatable bonds is 1. The van der Waals surface area contributed by atoms with Crippen LogP contribution >= 0.6 is 0 Å². The second-order valence-corrected chi connectivity index (χ2v) is 3.76. The maximum Gasteiger partial charge on any atom is 0.164 e. The van der Waals surface area contributed by atoms with Crippen LogP contribution in [0.1, 0.15) is 5.56 Å². The minimum Gasteiger partial charge on any atom is -0.382 e. The smallest absolute Gasteiger partial charge is 0.164 e. The van der Waals surface area contributed by atoms with Gasteiger partial charge in [-0.25, -0.2) is 15.0 Å². The molecule has 3 aromatic rings. The molecule has 3 rings (SSSR count). The molecule has 86 valence electrons. The zero-order chi connectivity index (χ0) is 12.5. The van der Waals surface area contributed by atoms with Crippen LogP contribution in [0.4, 0.5) is 5.82 Å². The number of nitrogens with one attached hydrogen (secondary N) is 1. The lowest BCUT2D eigenvalue weighted by atomic mass is 10.1. The number of fused-ring (bicyclic) bond motifs is 1. The van der Waals surface area contributed by atoms with E-state index in [0.29, 0.717) is 22.8 Å². The van der Waals surface area contributed by atoms with Crippen LogP contribution in [0.25, 0.3) is 22.6 Å². The fourth-order valence-electron chi connectivity index (χ4n) is 1.74. The summed E-state index contributed by atoms with van der Waals surface area (Å²) in [6.45, 7) is 0. The van der Waals surface area contributed by atoms with Gasteiger partial charge in [0.15, 0.2) is 17.3 Å². The fraction of sp³-hybridized carbons (Fsp3) is 0. The Morgan fingerprint density at radius 1 is 1.28 bits per heavy atom. The average molecular weight is 235 g/mol. The van der Waals surface area contributed by atoms with Crippen LogP contribution in [0, 0.1) is 12.3 Å². The highest BCUT2D eigenvalue weighted by atomic mass is 15.0. The number of terminal acetylenes is 1. The SMILES string of the molecule is C#Cc1cccc(-c2nc(N)c3nc[nH]c3n2)c1. The molecule has 0 bridgehead atoms. The summed E-state index contributed by atoms with van der Waals surface area (Å²) in [6, 6.07) is 7.44. The first-order valence-electron chi connectivity index (χ1n) is 5.31. The van der Waals surface area contributed by atoms with Crippen molar-refractivity contribution in [2.24, 2.45) is 0 Å². The van der Waals surface area contributed by atoms with Crippen molar-refractivity contribution in [3.8, 4) is 23.7 Å². The Labute approximate surface area is 103 Å². The molecule has 3 N–H and O–H groups in total. The fourth-order valence-corrected chi connectivity index (χ4v) is 1.74. The van der Waals surface area contributed by atoms with Crippen molar-refractivity contribution >= 4 is 17.0 Å². The Morgan fingerprint density at radius 2 is 2.17 bits per heavy atom. The highest BCUT2D eigenvalue weighted by molar-refractivity contribution is 5.83. The van der Waals surface area contributed by atoms with E-state index in [1.54, 1.807) is 0 Å². The Balaban J connectivity index is 2.22. The van der Waals surface area contributed by atoms with Crippen LogP contribution in [0.15, 0.2) is 30.6 Å². The number of anilines is 1. The standard InChI is InChI=1S/C13H9N5/c1-2-8-4-3-5-9(6-8)12-17-11(14)10-13(18-12)16-7-15-10/h1,3-7H,(H3,14,15,16,17,18). The third-order valence-electron chi connectivity index (χ3n) is 2.59. The molecule has 0 fully saturated rings. The summed E-state index contributed by atoms with van der Waals surface area (Å²) >= 11 is 0. The van der Waals surface area contributed by atoms with E-state index in [9.17, 15) is 0 Å². The normalized spacial score (nSPS) is 10.4. The van der Waals surface area contributed by atoms with Gasteiger partial charge in [-0.3, -0.25) is 0 Å². The predicted molar refractivity (Wildman–Crippen MR) is 69.5 cm³/mol. The molecule has 1 aromatic carbocycles. The van der Waals surface area contributed by atoms with Crippen molar-refractivity contribution in [1.29, 1.82) is 0 Å². The third kappa shape index (κ3) is 1.57. The number of aromatic nitrogens is 4. The number of aromatic amines is 1. The second kappa shape index (κ2) is 3.86. The summed E-state index contributed by atoms with van der Waals surface area (Å²) in [5, 5.41) is 0. The molecule has 2 aromatic heterocycles. The molecule has 0 spiro atoms. The Bertz CT molecular complexity index is 766. The molecule has 18 heavy (non-hydrogen) atoms. The van der Waals surface area contributed by atoms with Gasteiger partial charge in [-0.2, -0.15) is 0 Å². The quantitative estimate of drug-likeness (QED) is 0.627. The molecule has 0 amide bonds. The maximum atomic E-state index is 5.84. The molecule has 0 saturated heterocycles. The van der Waals surface area contributed by atoms with E-state index in [4.69, 9.17) is 12.2 Å². The Morgan fingerprint density at radius 3 is 3.00 bits per heavy atom. The number of nitrogens with zero attached hydrogens (tertiary/aromatic N) is 3. The van der Waals surface area contributed by atoms with Crippen LogP contribution in [0.3, 0.4) is 0 Å². The van der Waals surface area contributed by atoms with Gasteiger partial charge in [0.1, 0.15) is 5.52 Å². The van der Waals surface area contributed by atoms with Crippen molar-refractivity contribution < 1.29 is 0 Å². The van der Waals surface area contributed by atoms with E-state index in [0.717, 1.165) is 11.1 Å². The third-order valence-corrected chi connectivity index (χ3v) is 2.59. The molecule has 5 heteroatoms. The highest BCUT2D eigenvalue weighted by Gasteiger charge is 2.09. The lowest BCUT2D eigenvalue weighted by Crippen LogP contribution is -1.97. The molecular weight excluding hydrogens is 226 g/mol. The van der Waals surface area contributed by atoms with Crippen molar-refractivity contribution in [2.75, 3.05) is 5.73 Å². The first-order chi connectivity index (χ1) is 8.78. The minimum absolute atomic E-state index is 0.349. The lowest BCUT2D eigenvalue weighted by Gasteiger charge is -2.02. The lowest BCUT2D eigenvalue weighted by molar-refractivity contribution is 1.21. The van der Waals surface area contributed by atoms with E-state index in [1.165, 1.54) is 6.33 Å². The van der Waals surface area contributed by atoms with Crippen LogP contribution in [0.5, 0.6) is 0 Å². The summed E-state index contributed by atoms with van der Waals surface area (Å²) in [4.78, 5) is 15.6. The number of H-pyrrole nitrogens is 1. The van der Waals surface area contributed by atoms with Crippen molar-refractivity contribution in [3.05, 3.63) is 36.2 Å². The minimum atomic E-state index is 0.349. The summed E-state index contributed by atoms with van der Waals surface area (Å²) in [5.74, 6) is 3.46. The predicted octanol–water partition coefficient (Wildman–Crippen LogP) is 1.58. The van der Waals surface area contributed by atoms with Gasteiger partial charge in [0.2, 0.25) is 0 Å². The topological polar surface area (TPSA) is 80.5 Å². The zero-order valence-corrected chi connectivity index (χ0v) is 9.38. The molecule has 2 heterocycles. The van der Waals surface area contributed by atoms with E-state index in [1.807, 2.05) is 24.3 Å². The Kier molecular flexibility index (Phi) is 2.21. The van der Waals surface area contributed by atoms with Gasteiger partial charge in [-0.1, -0.05) is 18.1 Å². The average Bonchev–Trinajstić information content (AvgIpc) is 2.87. The van der Waals surface area contributed by atoms with Gasteiger partial charge in [0.05, 0.1) is 6.33 Å². The summed E-state index contributed by atoms with van der Waals surface area (Å²) in [5.41, 5.74) is 8.63. The van der Waals surface area contributed by atoms with Crippen LogP contribution in [0.2, 0.25) is 0 Å². The molecule has 5 nitrogen and oxygen atoms in total. The van der Waals surface area contributed by atoms with Gasteiger partial charge in [-0.15, -0.1) is 6.42 Å². The van der Waals surface area contributed by atoms with Gasteiger partial charge in [0.25, 0.3) is 0 Å². The first-order valence-corrected chi connectivity index (χ1v) is 5.31.